The van der Waals surface area contributed by atoms with Crippen LogP contribution < -0.4 is 10.1 Å². The Morgan fingerprint density at radius 2 is 1.97 bits per heavy atom. The van der Waals surface area contributed by atoms with E-state index in [1.54, 1.807) is 17.4 Å². The molecule has 0 atom stereocenters. The minimum absolute atomic E-state index is 0.296. The number of hydrogen-bond acceptors (Lipinski definition) is 6. The molecule has 2 aromatic carbocycles. The molecule has 0 saturated heterocycles. The summed E-state index contributed by atoms with van der Waals surface area (Å²) >= 11 is 7.68. The predicted molar refractivity (Wildman–Crippen MR) is 118 cm³/mol. The van der Waals surface area contributed by atoms with Crippen LogP contribution in [0.25, 0.3) is 6.08 Å². The summed E-state index contributed by atoms with van der Waals surface area (Å²) < 4.78 is 10.4. The van der Waals surface area contributed by atoms with Crippen molar-refractivity contribution in [1.29, 1.82) is 0 Å². The number of halogens is 1. The first-order valence-corrected chi connectivity index (χ1v) is 10.2. The zero-order valence-corrected chi connectivity index (χ0v) is 17.9. The van der Waals surface area contributed by atoms with Gasteiger partial charge in [-0.2, -0.15) is 0 Å². The summed E-state index contributed by atoms with van der Waals surface area (Å²) in [4.78, 5) is 28.2. The molecule has 0 aliphatic carbocycles. The van der Waals surface area contributed by atoms with E-state index in [1.165, 1.54) is 31.4 Å². The number of ether oxygens (including phenoxy) is 2. The van der Waals surface area contributed by atoms with Gasteiger partial charge in [-0.15, -0.1) is 11.3 Å². The molecule has 0 unspecified atom stereocenters. The smallest absolute Gasteiger partial charge is 0.337 e. The average molecular weight is 443 g/mol. The Labute approximate surface area is 183 Å². The zero-order valence-electron chi connectivity index (χ0n) is 16.3. The molecule has 0 fully saturated rings. The normalized spacial score (nSPS) is 10.8. The van der Waals surface area contributed by atoms with Gasteiger partial charge in [-0.1, -0.05) is 23.7 Å². The molecule has 1 amide bonds. The summed E-state index contributed by atoms with van der Waals surface area (Å²) in [5, 5.41) is 5.95. The molecule has 1 aromatic heterocycles. The zero-order chi connectivity index (χ0) is 21.5. The molecule has 0 aliphatic heterocycles. The summed E-state index contributed by atoms with van der Waals surface area (Å²) in [7, 11) is 1.29. The number of esters is 1. The Kier molecular flexibility index (Phi) is 7.21. The largest absolute Gasteiger partial charge is 0.487 e. The lowest BCUT2D eigenvalue weighted by atomic mass is 10.2. The summed E-state index contributed by atoms with van der Waals surface area (Å²) in [5.41, 5.74) is 2.35. The predicted octanol–water partition coefficient (Wildman–Crippen LogP) is 5.12. The number of nitrogens with one attached hydrogen (secondary N) is 1. The third-order valence-corrected chi connectivity index (χ3v) is 5.16. The van der Waals surface area contributed by atoms with E-state index in [0.717, 1.165) is 16.3 Å². The van der Waals surface area contributed by atoms with Crippen molar-refractivity contribution >= 4 is 46.6 Å². The molecule has 0 spiro atoms. The molecule has 1 heterocycles. The van der Waals surface area contributed by atoms with Crippen LogP contribution in [0.5, 0.6) is 5.75 Å². The quantitative estimate of drug-likeness (QED) is 0.405. The van der Waals surface area contributed by atoms with Crippen molar-refractivity contribution in [3.8, 4) is 5.75 Å². The minimum Gasteiger partial charge on any atom is -0.487 e. The highest BCUT2D eigenvalue weighted by Crippen LogP contribution is 2.23. The van der Waals surface area contributed by atoms with Crippen molar-refractivity contribution in [1.82, 2.24) is 4.98 Å². The fourth-order valence-electron chi connectivity index (χ4n) is 2.52. The van der Waals surface area contributed by atoms with E-state index in [4.69, 9.17) is 16.3 Å². The molecule has 6 nitrogen and oxygen atoms in total. The van der Waals surface area contributed by atoms with Gasteiger partial charge in [-0.25, -0.2) is 9.78 Å². The second-order valence-corrected chi connectivity index (χ2v) is 7.69. The van der Waals surface area contributed by atoms with E-state index < -0.39 is 5.97 Å². The van der Waals surface area contributed by atoms with Gasteiger partial charge in [0.2, 0.25) is 5.91 Å². The van der Waals surface area contributed by atoms with Crippen molar-refractivity contribution < 1.29 is 19.1 Å². The molecule has 30 heavy (non-hydrogen) atoms. The molecule has 0 radical (unpaired) electrons. The van der Waals surface area contributed by atoms with Crippen LogP contribution >= 0.6 is 22.9 Å². The Hall–Kier alpha value is -3.16. The molecule has 154 valence electrons. The maximum absolute atomic E-state index is 12.2. The molecule has 0 bridgehead atoms. The van der Waals surface area contributed by atoms with Crippen molar-refractivity contribution in [2.24, 2.45) is 0 Å². The Morgan fingerprint density at radius 1 is 1.20 bits per heavy atom. The number of anilines is 1. The Balaban J connectivity index is 1.57. The van der Waals surface area contributed by atoms with Crippen LogP contribution in [0.4, 0.5) is 5.69 Å². The van der Waals surface area contributed by atoms with E-state index in [1.807, 2.05) is 36.6 Å². The molecule has 1 N–H and O–H groups in total. The van der Waals surface area contributed by atoms with Gasteiger partial charge < -0.3 is 14.8 Å². The third kappa shape index (κ3) is 5.92. The first kappa shape index (κ1) is 21.5. The van der Waals surface area contributed by atoms with Gasteiger partial charge in [-0.3, -0.25) is 4.79 Å². The summed E-state index contributed by atoms with van der Waals surface area (Å²) in [5.74, 6) is -0.170. The van der Waals surface area contributed by atoms with Crippen LogP contribution in [0.1, 0.15) is 26.6 Å². The van der Waals surface area contributed by atoms with Crippen LogP contribution in [0, 0.1) is 6.92 Å². The third-order valence-electron chi connectivity index (χ3n) is 4.01. The number of amides is 1. The van der Waals surface area contributed by atoms with E-state index >= 15 is 0 Å². The lowest BCUT2D eigenvalue weighted by Crippen LogP contribution is -2.09. The number of carbonyl (C=O) groups excluding carboxylic acids is 2. The van der Waals surface area contributed by atoms with Crippen molar-refractivity contribution in [3.63, 3.8) is 0 Å². The number of thiazole rings is 1. The highest BCUT2D eigenvalue weighted by atomic mass is 35.5. The first-order valence-electron chi connectivity index (χ1n) is 8.95. The number of nitrogens with zero attached hydrogens (tertiary/aromatic N) is 1. The number of benzene rings is 2. The molecular formula is C22H19ClN2O4S. The minimum atomic E-state index is -0.509. The Morgan fingerprint density at radius 3 is 2.63 bits per heavy atom. The maximum Gasteiger partial charge on any atom is 0.337 e. The number of carbonyl (C=O) groups is 2. The fraction of sp³-hybridized carbons (Fsp3) is 0.136. The summed E-state index contributed by atoms with van der Waals surface area (Å²) in [6, 6.07) is 11.9. The van der Waals surface area contributed by atoms with E-state index in [2.05, 4.69) is 15.0 Å². The van der Waals surface area contributed by atoms with Gasteiger partial charge in [0.05, 0.1) is 34.1 Å². The highest BCUT2D eigenvalue weighted by molar-refractivity contribution is 7.09. The van der Waals surface area contributed by atoms with Gasteiger partial charge in [0.25, 0.3) is 0 Å². The van der Waals surface area contributed by atoms with E-state index in [0.29, 0.717) is 28.6 Å². The van der Waals surface area contributed by atoms with Gasteiger partial charge >= 0.3 is 5.97 Å². The van der Waals surface area contributed by atoms with Crippen LogP contribution in [-0.4, -0.2) is 24.0 Å². The molecule has 0 saturated carbocycles. The lowest BCUT2D eigenvalue weighted by molar-refractivity contribution is -0.111. The average Bonchev–Trinajstić information content (AvgIpc) is 3.17. The summed E-state index contributed by atoms with van der Waals surface area (Å²) in [6.07, 6.45) is 3.05. The van der Waals surface area contributed by atoms with Crippen molar-refractivity contribution in [3.05, 3.63) is 80.8 Å². The monoisotopic (exact) mass is 442 g/mol. The van der Waals surface area contributed by atoms with Crippen molar-refractivity contribution in [2.75, 3.05) is 12.4 Å². The second kappa shape index (κ2) is 10.0. The van der Waals surface area contributed by atoms with Crippen LogP contribution in [0.2, 0.25) is 5.02 Å². The number of aryl methyl sites for hydroxylation is 1. The summed E-state index contributed by atoms with van der Waals surface area (Å²) in [6.45, 7) is 2.36. The van der Waals surface area contributed by atoms with Crippen LogP contribution in [0.15, 0.2) is 53.9 Å². The molecule has 3 aromatic rings. The van der Waals surface area contributed by atoms with Gasteiger partial charge in [0.15, 0.2) is 0 Å². The number of hydrogen-bond donors (Lipinski definition) is 1. The molecular weight excluding hydrogens is 424 g/mol. The van der Waals surface area contributed by atoms with Crippen LogP contribution in [0.3, 0.4) is 0 Å². The van der Waals surface area contributed by atoms with Gasteiger partial charge in [0.1, 0.15) is 12.4 Å². The number of methoxy groups -OCH3 is 1. The van der Waals surface area contributed by atoms with Crippen molar-refractivity contribution in [2.45, 2.75) is 13.5 Å². The fourth-order valence-corrected chi connectivity index (χ4v) is 3.28. The first-order chi connectivity index (χ1) is 14.4. The number of rotatable bonds is 7. The standard InChI is InChI=1S/C22H19ClN2O4S/c1-14-24-17(13-30-14)12-29-18-7-3-15(4-8-18)5-10-21(26)25-20-11-16(22(27)28-2)6-9-19(20)23/h3-11,13H,12H2,1-2H3,(H,25,26). The topological polar surface area (TPSA) is 77.5 Å². The van der Waals surface area contributed by atoms with Gasteiger partial charge in [-0.05, 0) is 48.9 Å². The van der Waals surface area contributed by atoms with Crippen LogP contribution in [-0.2, 0) is 16.1 Å². The molecule has 3 rings (SSSR count). The molecule has 0 aliphatic rings. The SMILES string of the molecule is COC(=O)c1ccc(Cl)c(NC(=O)C=Cc2ccc(OCc3csc(C)n3)cc2)c1. The van der Waals surface area contributed by atoms with Gasteiger partial charge in [0, 0.05) is 11.5 Å². The lowest BCUT2D eigenvalue weighted by Gasteiger charge is -2.07. The van der Waals surface area contributed by atoms with E-state index in [-0.39, 0.29) is 5.91 Å². The second-order valence-electron chi connectivity index (χ2n) is 6.22. The Bertz CT molecular complexity index is 1080. The molecule has 8 heteroatoms. The highest BCUT2D eigenvalue weighted by Gasteiger charge is 2.10. The van der Waals surface area contributed by atoms with E-state index in [9.17, 15) is 9.59 Å². The maximum atomic E-state index is 12.2. The number of aromatic nitrogens is 1.